The first-order chi connectivity index (χ1) is 21.7. The van der Waals surface area contributed by atoms with Gasteiger partial charge in [0.25, 0.3) is 5.56 Å². The standard InChI is InChI=1S/C34H39N7O3Si/c1-23-16-17-40-30(23)34(42)41(25-12-8-7-9-13-25)32(38-40)24(2)37-31-29-27(26-14-10-11-15-28(26)43-3)20-39(33(29)36-21-35-31)22-44-18-19-45(4,5)6/h7-17,20-21,24H,18-19,22H2,1-6H3,(H,35,36,37)/t24-/m0/s1. The van der Waals surface area contributed by atoms with Crippen molar-refractivity contribution in [1.82, 2.24) is 28.7 Å². The summed E-state index contributed by atoms with van der Waals surface area (Å²) in [5.41, 5.74) is 4.59. The van der Waals surface area contributed by atoms with Gasteiger partial charge in [-0.25, -0.2) is 14.5 Å². The number of methoxy groups -OCH3 is 1. The van der Waals surface area contributed by atoms with E-state index in [-0.39, 0.29) is 5.56 Å². The minimum Gasteiger partial charge on any atom is -0.496 e. The van der Waals surface area contributed by atoms with Crippen LogP contribution >= 0.6 is 0 Å². The average molecular weight is 622 g/mol. The van der Waals surface area contributed by atoms with Crippen LogP contribution < -0.4 is 15.6 Å². The molecule has 0 spiro atoms. The summed E-state index contributed by atoms with van der Waals surface area (Å²) in [4.78, 5) is 23.3. The van der Waals surface area contributed by atoms with E-state index in [0.717, 1.165) is 45.2 Å². The predicted molar refractivity (Wildman–Crippen MR) is 181 cm³/mol. The van der Waals surface area contributed by atoms with Gasteiger partial charge in [-0.2, -0.15) is 5.10 Å². The number of rotatable bonds is 11. The highest BCUT2D eigenvalue weighted by Crippen LogP contribution is 2.39. The van der Waals surface area contributed by atoms with Gasteiger partial charge in [-0.15, -0.1) is 0 Å². The molecule has 0 bridgehead atoms. The van der Waals surface area contributed by atoms with Crippen molar-refractivity contribution in [3.8, 4) is 22.6 Å². The Morgan fingerprint density at radius 2 is 1.73 bits per heavy atom. The third kappa shape index (κ3) is 6.01. The number of nitrogens with one attached hydrogen (secondary N) is 1. The van der Waals surface area contributed by atoms with Crippen molar-refractivity contribution < 1.29 is 9.47 Å². The summed E-state index contributed by atoms with van der Waals surface area (Å²) in [6.45, 7) is 12.0. The number of hydrogen-bond donors (Lipinski definition) is 1. The van der Waals surface area contributed by atoms with Crippen LogP contribution in [0.5, 0.6) is 5.75 Å². The van der Waals surface area contributed by atoms with Gasteiger partial charge in [0, 0.05) is 38.2 Å². The second-order valence-electron chi connectivity index (χ2n) is 12.5. The predicted octanol–water partition coefficient (Wildman–Crippen LogP) is 6.70. The topological polar surface area (TPSA) is 100 Å². The first-order valence-electron chi connectivity index (χ1n) is 15.1. The van der Waals surface area contributed by atoms with E-state index < -0.39 is 14.1 Å². The van der Waals surface area contributed by atoms with Gasteiger partial charge in [0.2, 0.25) is 0 Å². The summed E-state index contributed by atoms with van der Waals surface area (Å²) in [7, 11) is 0.433. The van der Waals surface area contributed by atoms with Crippen molar-refractivity contribution in [2.45, 2.75) is 52.3 Å². The Balaban J connectivity index is 1.46. The van der Waals surface area contributed by atoms with Crippen LogP contribution in [0.1, 0.15) is 24.4 Å². The Bertz CT molecular complexity index is 2030. The number of hydrogen-bond acceptors (Lipinski definition) is 7. The van der Waals surface area contributed by atoms with Gasteiger partial charge in [0.1, 0.15) is 35.8 Å². The molecule has 0 unspecified atom stereocenters. The zero-order valence-corrected chi connectivity index (χ0v) is 27.6. The van der Waals surface area contributed by atoms with E-state index in [1.165, 1.54) is 0 Å². The Labute approximate surface area is 263 Å². The number of aryl methyl sites for hydroxylation is 1. The van der Waals surface area contributed by atoms with E-state index in [1.807, 2.05) is 91.5 Å². The molecule has 0 aliphatic rings. The van der Waals surface area contributed by atoms with Crippen molar-refractivity contribution in [1.29, 1.82) is 0 Å². The number of anilines is 1. The number of fused-ring (bicyclic) bond motifs is 2. The summed E-state index contributed by atoms with van der Waals surface area (Å²) in [6.07, 6.45) is 5.43. The zero-order valence-electron chi connectivity index (χ0n) is 26.6. The van der Waals surface area contributed by atoms with Crippen molar-refractivity contribution in [2.24, 2.45) is 0 Å². The van der Waals surface area contributed by atoms with Crippen LogP contribution in [-0.2, 0) is 11.5 Å². The second kappa shape index (κ2) is 12.3. The Morgan fingerprint density at radius 3 is 2.49 bits per heavy atom. The van der Waals surface area contributed by atoms with E-state index in [1.54, 1.807) is 22.5 Å². The summed E-state index contributed by atoms with van der Waals surface area (Å²) in [5, 5.41) is 9.33. The Morgan fingerprint density at radius 1 is 0.978 bits per heavy atom. The fourth-order valence-corrected chi connectivity index (χ4v) is 6.31. The van der Waals surface area contributed by atoms with Crippen molar-refractivity contribution >= 4 is 30.4 Å². The number of benzene rings is 2. The maximum atomic E-state index is 13.9. The molecule has 0 saturated heterocycles. The van der Waals surface area contributed by atoms with Gasteiger partial charge >= 0.3 is 0 Å². The number of para-hydroxylation sites is 2. The van der Waals surface area contributed by atoms with Crippen LogP contribution in [0, 0.1) is 6.92 Å². The molecule has 4 heterocycles. The fourth-order valence-electron chi connectivity index (χ4n) is 5.55. The molecule has 6 rings (SSSR count). The molecule has 232 valence electrons. The van der Waals surface area contributed by atoms with Crippen molar-refractivity contribution in [3.05, 3.63) is 101 Å². The van der Waals surface area contributed by atoms with E-state index in [0.29, 0.717) is 30.5 Å². The molecule has 6 aromatic rings. The monoisotopic (exact) mass is 621 g/mol. The Kier molecular flexibility index (Phi) is 8.30. The molecule has 2 aromatic carbocycles. The normalized spacial score (nSPS) is 12.6. The molecule has 1 N–H and O–H groups in total. The summed E-state index contributed by atoms with van der Waals surface area (Å²) < 4.78 is 17.3. The highest BCUT2D eigenvalue weighted by Gasteiger charge is 2.24. The molecule has 0 saturated carbocycles. The van der Waals surface area contributed by atoms with E-state index in [4.69, 9.17) is 24.5 Å². The molecule has 4 aromatic heterocycles. The van der Waals surface area contributed by atoms with Gasteiger partial charge < -0.3 is 19.4 Å². The lowest BCUT2D eigenvalue weighted by atomic mass is 10.0. The molecule has 10 nitrogen and oxygen atoms in total. The molecule has 45 heavy (non-hydrogen) atoms. The molecular weight excluding hydrogens is 583 g/mol. The van der Waals surface area contributed by atoms with E-state index in [2.05, 4.69) is 25.0 Å². The molecule has 0 radical (unpaired) electrons. The van der Waals surface area contributed by atoms with Crippen LogP contribution in [-0.4, -0.2) is 50.5 Å². The number of ether oxygens (including phenoxy) is 2. The first-order valence-corrected chi connectivity index (χ1v) is 18.8. The van der Waals surface area contributed by atoms with Crippen molar-refractivity contribution in [2.75, 3.05) is 19.0 Å². The average Bonchev–Trinajstić information content (AvgIpc) is 3.60. The summed E-state index contributed by atoms with van der Waals surface area (Å²) in [5.74, 6) is 1.91. The van der Waals surface area contributed by atoms with Gasteiger partial charge in [0.05, 0.1) is 24.2 Å². The first kappa shape index (κ1) is 30.3. The molecule has 11 heteroatoms. The second-order valence-corrected chi connectivity index (χ2v) is 18.1. The lowest BCUT2D eigenvalue weighted by Crippen LogP contribution is -2.29. The SMILES string of the molecule is COc1ccccc1-c1cn(COCC[Si](C)(C)C)c2ncnc(N[C@@H](C)c3nn4ccc(C)c4c(=O)n3-c3ccccc3)c12. The van der Waals surface area contributed by atoms with E-state index in [9.17, 15) is 4.79 Å². The van der Waals surface area contributed by atoms with Crippen LogP contribution in [0.4, 0.5) is 5.82 Å². The van der Waals surface area contributed by atoms with Gasteiger partial charge in [-0.3, -0.25) is 9.36 Å². The lowest BCUT2D eigenvalue weighted by molar-refractivity contribution is 0.0899. The maximum Gasteiger partial charge on any atom is 0.282 e. The number of nitrogens with zero attached hydrogens (tertiary/aromatic N) is 6. The smallest absolute Gasteiger partial charge is 0.282 e. The fraction of sp³-hybridized carbons (Fsp3) is 0.294. The van der Waals surface area contributed by atoms with Crippen LogP contribution in [0.3, 0.4) is 0 Å². The summed E-state index contributed by atoms with van der Waals surface area (Å²) >= 11 is 0. The van der Waals surface area contributed by atoms with E-state index >= 15 is 0 Å². The number of aromatic nitrogens is 6. The quantitative estimate of drug-likeness (QED) is 0.127. The molecule has 1 atom stereocenters. The van der Waals surface area contributed by atoms with Crippen LogP contribution in [0.25, 0.3) is 33.4 Å². The molecular formula is C34H39N7O3Si. The highest BCUT2D eigenvalue weighted by atomic mass is 28.3. The Hall–Kier alpha value is -4.74. The maximum absolute atomic E-state index is 13.9. The van der Waals surface area contributed by atoms with Gasteiger partial charge in [0.15, 0.2) is 5.82 Å². The lowest BCUT2D eigenvalue weighted by Gasteiger charge is -2.20. The molecule has 0 amide bonds. The molecule has 0 fully saturated rings. The van der Waals surface area contributed by atoms with Crippen LogP contribution in [0.2, 0.25) is 25.7 Å². The largest absolute Gasteiger partial charge is 0.496 e. The van der Waals surface area contributed by atoms with Gasteiger partial charge in [-0.1, -0.05) is 56.0 Å². The molecule has 0 aliphatic carbocycles. The minimum atomic E-state index is -1.24. The highest BCUT2D eigenvalue weighted by molar-refractivity contribution is 6.76. The summed E-state index contributed by atoms with van der Waals surface area (Å²) in [6, 6.07) is 20.1. The van der Waals surface area contributed by atoms with Crippen molar-refractivity contribution in [3.63, 3.8) is 0 Å². The van der Waals surface area contributed by atoms with Gasteiger partial charge in [-0.05, 0) is 49.7 Å². The molecule has 0 aliphatic heterocycles. The minimum absolute atomic E-state index is 0.133. The third-order valence-corrected chi connectivity index (χ3v) is 9.65. The van der Waals surface area contributed by atoms with Crippen LogP contribution in [0.15, 0.2) is 84.2 Å². The third-order valence-electron chi connectivity index (χ3n) is 7.95. The zero-order chi connectivity index (χ0) is 31.7.